The second-order valence-electron chi connectivity index (χ2n) is 5.44. The van der Waals surface area contributed by atoms with E-state index in [1.54, 1.807) is 11.8 Å². The van der Waals surface area contributed by atoms with Gasteiger partial charge in [-0.2, -0.15) is 0 Å². The van der Waals surface area contributed by atoms with Crippen LogP contribution in [0.2, 0.25) is 0 Å². The van der Waals surface area contributed by atoms with Crippen LogP contribution in [0.5, 0.6) is 5.75 Å². The van der Waals surface area contributed by atoms with E-state index in [4.69, 9.17) is 9.15 Å². The van der Waals surface area contributed by atoms with Crippen molar-refractivity contribution in [2.45, 2.75) is 43.9 Å². The van der Waals surface area contributed by atoms with Crippen molar-refractivity contribution in [2.24, 2.45) is 0 Å². The fraction of sp³-hybridized carbons (Fsp3) is 0.412. The van der Waals surface area contributed by atoms with Crippen molar-refractivity contribution >= 4 is 11.8 Å². The Kier molecular flexibility index (Phi) is 4.56. The quantitative estimate of drug-likeness (QED) is 0.780. The Hall–Kier alpha value is -1.39. The average Bonchev–Trinajstić information content (AvgIpc) is 3.27. The lowest BCUT2D eigenvalue weighted by molar-refractivity contribution is 0.265. The minimum atomic E-state index is 0.475. The monoisotopic (exact) mass is 303 g/mol. The number of hydrogen-bond acceptors (Lipinski definition) is 4. The Morgan fingerprint density at radius 1 is 1.29 bits per heavy atom. The van der Waals surface area contributed by atoms with E-state index in [-0.39, 0.29) is 0 Å². The van der Waals surface area contributed by atoms with Crippen LogP contribution in [0.15, 0.2) is 39.6 Å². The molecule has 21 heavy (non-hydrogen) atoms. The minimum absolute atomic E-state index is 0.475. The van der Waals surface area contributed by atoms with Crippen molar-refractivity contribution in [3.05, 3.63) is 47.4 Å². The molecule has 1 aromatic heterocycles. The molecular weight excluding hydrogens is 282 g/mol. The summed E-state index contributed by atoms with van der Waals surface area (Å²) in [6.45, 7) is 3.38. The van der Waals surface area contributed by atoms with Crippen molar-refractivity contribution in [1.29, 1.82) is 0 Å². The highest BCUT2D eigenvalue weighted by atomic mass is 32.2. The second-order valence-corrected chi connectivity index (χ2v) is 6.32. The van der Waals surface area contributed by atoms with Gasteiger partial charge < -0.3 is 14.5 Å². The molecule has 1 aliphatic rings. The van der Waals surface area contributed by atoms with Gasteiger partial charge in [-0.15, -0.1) is 11.8 Å². The molecule has 0 aliphatic heterocycles. The molecule has 0 radical (unpaired) electrons. The summed E-state index contributed by atoms with van der Waals surface area (Å²) in [7, 11) is 0. The molecule has 0 bridgehead atoms. The van der Waals surface area contributed by atoms with E-state index in [1.807, 2.05) is 12.1 Å². The van der Waals surface area contributed by atoms with Gasteiger partial charge in [-0.3, -0.25) is 0 Å². The molecule has 0 atom stereocenters. The van der Waals surface area contributed by atoms with Gasteiger partial charge in [-0.05, 0) is 61.9 Å². The Bertz CT molecular complexity index is 587. The average molecular weight is 303 g/mol. The largest absolute Gasteiger partial charge is 0.486 e. The number of furan rings is 1. The van der Waals surface area contributed by atoms with Crippen molar-refractivity contribution in [2.75, 3.05) is 6.26 Å². The van der Waals surface area contributed by atoms with Crippen molar-refractivity contribution in [1.82, 2.24) is 5.32 Å². The van der Waals surface area contributed by atoms with Crippen LogP contribution in [0.3, 0.4) is 0 Å². The molecular formula is C17H21NO2S. The predicted octanol–water partition coefficient (Wildman–Crippen LogP) is 4.14. The molecule has 1 aromatic carbocycles. The lowest BCUT2D eigenvalue weighted by Gasteiger charge is -2.05. The SMILES string of the molecule is CSc1ccc(OCc2cc(C)c(CNC3CC3)o2)cc1. The van der Waals surface area contributed by atoms with E-state index in [0.29, 0.717) is 12.6 Å². The first-order valence-corrected chi connectivity index (χ1v) is 8.55. The fourth-order valence-corrected chi connectivity index (χ4v) is 2.60. The lowest BCUT2D eigenvalue weighted by Crippen LogP contribution is -2.15. The third kappa shape index (κ3) is 4.05. The van der Waals surface area contributed by atoms with Gasteiger partial charge in [0.2, 0.25) is 0 Å². The molecule has 1 heterocycles. The van der Waals surface area contributed by atoms with Crippen LogP contribution in [0, 0.1) is 6.92 Å². The first kappa shape index (κ1) is 14.5. The number of nitrogens with one attached hydrogen (secondary N) is 1. The summed E-state index contributed by atoms with van der Waals surface area (Å²) in [5.74, 6) is 2.78. The van der Waals surface area contributed by atoms with Gasteiger partial charge in [-0.1, -0.05) is 0 Å². The molecule has 0 saturated heterocycles. The predicted molar refractivity (Wildman–Crippen MR) is 85.9 cm³/mol. The number of thioether (sulfide) groups is 1. The van der Waals surface area contributed by atoms with Gasteiger partial charge in [0, 0.05) is 10.9 Å². The van der Waals surface area contributed by atoms with Gasteiger partial charge in [-0.25, -0.2) is 0 Å². The first-order valence-electron chi connectivity index (χ1n) is 7.33. The second kappa shape index (κ2) is 6.58. The lowest BCUT2D eigenvalue weighted by atomic mass is 10.2. The molecule has 4 heteroatoms. The molecule has 2 aromatic rings. The van der Waals surface area contributed by atoms with Gasteiger partial charge in [0.1, 0.15) is 23.9 Å². The van der Waals surface area contributed by atoms with Gasteiger partial charge in [0.25, 0.3) is 0 Å². The zero-order valence-corrected chi connectivity index (χ0v) is 13.3. The highest BCUT2D eigenvalue weighted by molar-refractivity contribution is 7.98. The van der Waals surface area contributed by atoms with E-state index in [1.165, 1.54) is 23.3 Å². The molecule has 3 rings (SSSR count). The van der Waals surface area contributed by atoms with Crippen LogP contribution in [0.25, 0.3) is 0 Å². The van der Waals surface area contributed by atoms with Crippen molar-refractivity contribution in [3.63, 3.8) is 0 Å². The molecule has 1 aliphatic carbocycles. The number of benzene rings is 1. The zero-order chi connectivity index (χ0) is 14.7. The maximum absolute atomic E-state index is 5.87. The van der Waals surface area contributed by atoms with Crippen LogP contribution in [0.1, 0.15) is 29.9 Å². The summed E-state index contributed by atoms with van der Waals surface area (Å²) in [6, 6.07) is 10.9. The zero-order valence-electron chi connectivity index (χ0n) is 12.5. The molecule has 0 amide bonds. The summed E-state index contributed by atoms with van der Waals surface area (Å²) in [5.41, 5.74) is 1.19. The van der Waals surface area contributed by atoms with Crippen LogP contribution in [0.4, 0.5) is 0 Å². The highest BCUT2D eigenvalue weighted by Crippen LogP contribution is 2.23. The number of hydrogen-bond donors (Lipinski definition) is 1. The van der Waals surface area contributed by atoms with E-state index < -0.39 is 0 Å². The maximum Gasteiger partial charge on any atom is 0.146 e. The van der Waals surface area contributed by atoms with E-state index in [9.17, 15) is 0 Å². The van der Waals surface area contributed by atoms with Crippen LogP contribution in [-0.4, -0.2) is 12.3 Å². The Morgan fingerprint density at radius 2 is 2.05 bits per heavy atom. The van der Waals surface area contributed by atoms with Crippen LogP contribution in [-0.2, 0) is 13.2 Å². The van der Waals surface area contributed by atoms with E-state index >= 15 is 0 Å². The van der Waals surface area contributed by atoms with Gasteiger partial charge in [0.05, 0.1) is 6.54 Å². The topological polar surface area (TPSA) is 34.4 Å². The van der Waals surface area contributed by atoms with E-state index in [2.05, 4.69) is 36.7 Å². The molecule has 0 unspecified atom stereocenters. The maximum atomic E-state index is 5.87. The molecule has 1 N–H and O–H groups in total. The van der Waals surface area contributed by atoms with Gasteiger partial charge >= 0.3 is 0 Å². The van der Waals surface area contributed by atoms with Crippen LogP contribution >= 0.6 is 11.8 Å². The Balaban J connectivity index is 1.55. The van der Waals surface area contributed by atoms with Crippen LogP contribution < -0.4 is 10.1 Å². The number of rotatable bonds is 7. The molecule has 112 valence electrons. The standard InChI is InChI=1S/C17H21NO2S/c1-12-9-15(20-17(12)10-18-13-3-4-13)11-19-14-5-7-16(21-2)8-6-14/h5-9,13,18H,3-4,10-11H2,1-2H3. The Labute approximate surface area is 130 Å². The number of aryl methyl sites for hydroxylation is 1. The summed E-state index contributed by atoms with van der Waals surface area (Å²) >= 11 is 1.73. The van der Waals surface area contributed by atoms with Crippen molar-refractivity contribution in [3.8, 4) is 5.75 Å². The molecule has 3 nitrogen and oxygen atoms in total. The number of ether oxygens (including phenoxy) is 1. The summed E-state index contributed by atoms with van der Waals surface area (Å²) < 4.78 is 11.6. The Morgan fingerprint density at radius 3 is 2.71 bits per heavy atom. The molecule has 0 spiro atoms. The smallest absolute Gasteiger partial charge is 0.146 e. The van der Waals surface area contributed by atoms with Gasteiger partial charge in [0.15, 0.2) is 0 Å². The summed E-state index contributed by atoms with van der Waals surface area (Å²) in [5, 5.41) is 3.48. The summed E-state index contributed by atoms with van der Waals surface area (Å²) in [4.78, 5) is 1.24. The molecule has 1 fully saturated rings. The fourth-order valence-electron chi connectivity index (χ4n) is 2.19. The first-order chi connectivity index (χ1) is 10.2. The third-order valence-electron chi connectivity index (χ3n) is 3.64. The third-order valence-corrected chi connectivity index (χ3v) is 4.38. The highest BCUT2D eigenvalue weighted by Gasteiger charge is 2.21. The summed E-state index contributed by atoms with van der Waals surface area (Å²) in [6.07, 6.45) is 4.65. The van der Waals surface area contributed by atoms with E-state index in [0.717, 1.165) is 23.8 Å². The normalized spacial score (nSPS) is 14.4. The molecule has 1 saturated carbocycles. The van der Waals surface area contributed by atoms with Crippen molar-refractivity contribution < 1.29 is 9.15 Å². The minimum Gasteiger partial charge on any atom is -0.486 e.